The lowest BCUT2D eigenvalue weighted by atomic mass is 9.83. The molecule has 0 spiro atoms. The van der Waals surface area contributed by atoms with E-state index in [1.165, 1.54) is 109 Å². The third kappa shape index (κ3) is 5.04. The molecule has 0 aliphatic heterocycles. The molecular formula is C58H51N3. The zero-order valence-electron chi connectivity index (χ0n) is 36.7. The molecule has 0 fully saturated rings. The first-order valence-corrected chi connectivity index (χ1v) is 21.9. The van der Waals surface area contributed by atoms with E-state index in [2.05, 4.69) is 222 Å². The maximum absolute atomic E-state index is 2.63. The third-order valence-corrected chi connectivity index (χ3v) is 13.7. The molecule has 0 aliphatic carbocycles. The molecule has 3 nitrogen and oxygen atoms in total. The largest absolute Gasteiger partial charge is 0.308 e. The predicted octanol–water partition coefficient (Wildman–Crippen LogP) is 16.5. The van der Waals surface area contributed by atoms with Gasteiger partial charge in [0.1, 0.15) is 0 Å². The number of hydrogen-bond acceptors (Lipinski definition) is 1. The fraction of sp³-hybridized carbons (Fsp3) is 0.207. The second-order valence-corrected chi connectivity index (χ2v) is 20.7. The molecule has 0 saturated carbocycles. The quantitative estimate of drug-likeness (QED) is 0.174. The first kappa shape index (κ1) is 36.3. The molecule has 8 aromatic carbocycles. The summed E-state index contributed by atoms with van der Waals surface area (Å²) in [4.78, 5) is 2.48. The van der Waals surface area contributed by atoms with Crippen LogP contribution in [0.5, 0.6) is 0 Å². The Balaban J connectivity index is 1.33. The molecule has 0 atom stereocenters. The number of aromatic nitrogens is 2. The lowest BCUT2D eigenvalue weighted by molar-refractivity contribution is 0.591. The van der Waals surface area contributed by atoms with Crippen molar-refractivity contribution in [3.05, 3.63) is 162 Å². The summed E-state index contributed by atoms with van der Waals surface area (Å²) in [5, 5.41) is 13.2. The fourth-order valence-corrected chi connectivity index (χ4v) is 10.5. The van der Waals surface area contributed by atoms with Crippen LogP contribution in [-0.4, -0.2) is 8.80 Å². The van der Waals surface area contributed by atoms with Crippen LogP contribution >= 0.6 is 0 Å². The van der Waals surface area contributed by atoms with Gasteiger partial charge in [-0.15, -0.1) is 0 Å². The molecule has 3 heteroatoms. The van der Waals surface area contributed by atoms with Gasteiger partial charge in [0.05, 0.1) is 38.8 Å². The molecule has 0 bridgehead atoms. The Kier molecular flexibility index (Phi) is 7.16. The van der Waals surface area contributed by atoms with Crippen molar-refractivity contribution in [2.45, 2.75) is 78.6 Å². The Morgan fingerprint density at radius 1 is 0.344 bits per heavy atom. The van der Waals surface area contributed by atoms with Gasteiger partial charge in [0.25, 0.3) is 0 Å². The molecular weight excluding hydrogens is 739 g/mol. The van der Waals surface area contributed by atoms with E-state index in [1.807, 2.05) is 0 Å². The van der Waals surface area contributed by atoms with Crippen LogP contribution in [0.4, 0.5) is 17.1 Å². The Morgan fingerprint density at radius 2 is 0.754 bits per heavy atom. The van der Waals surface area contributed by atoms with Crippen LogP contribution in [0.3, 0.4) is 0 Å². The molecule has 4 heterocycles. The van der Waals surface area contributed by atoms with Gasteiger partial charge in [0.2, 0.25) is 0 Å². The first-order valence-electron chi connectivity index (χ1n) is 21.9. The SMILES string of the molecule is CC(C)(C)c1cc(N(c2ccccc2)c2ccccc2)c2c(c1)c1cc(C(C)(C)C)cc3c4c5c6cc(C(C)(C)C)cc7c8cc9ccccc9cc8n(c5ccc4n2c13)c76. The van der Waals surface area contributed by atoms with Gasteiger partial charge in [0.15, 0.2) is 0 Å². The van der Waals surface area contributed by atoms with Crippen LogP contribution in [0.25, 0.3) is 87.0 Å². The molecule has 0 amide bonds. The molecule has 12 aromatic rings. The summed E-state index contributed by atoms with van der Waals surface area (Å²) < 4.78 is 5.21. The zero-order chi connectivity index (χ0) is 41.9. The van der Waals surface area contributed by atoms with Gasteiger partial charge in [-0.05, 0) is 129 Å². The van der Waals surface area contributed by atoms with Crippen molar-refractivity contribution in [1.29, 1.82) is 0 Å². The van der Waals surface area contributed by atoms with Crippen molar-refractivity contribution in [2.24, 2.45) is 0 Å². The van der Waals surface area contributed by atoms with Crippen LogP contribution in [0.2, 0.25) is 0 Å². The predicted molar refractivity (Wildman–Crippen MR) is 264 cm³/mol. The number of rotatable bonds is 3. The van der Waals surface area contributed by atoms with Gasteiger partial charge in [-0.1, -0.05) is 123 Å². The van der Waals surface area contributed by atoms with E-state index < -0.39 is 0 Å². The molecule has 12 rings (SSSR count). The van der Waals surface area contributed by atoms with Gasteiger partial charge in [-0.25, -0.2) is 0 Å². The summed E-state index contributed by atoms with van der Waals surface area (Å²) in [5.74, 6) is 0. The minimum atomic E-state index is -0.0747. The van der Waals surface area contributed by atoms with Crippen molar-refractivity contribution in [3.63, 3.8) is 0 Å². The van der Waals surface area contributed by atoms with Gasteiger partial charge >= 0.3 is 0 Å². The zero-order valence-corrected chi connectivity index (χ0v) is 36.7. The number of hydrogen-bond donors (Lipinski definition) is 0. The van der Waals surface area contributed by atoms with Gasteiger partial charge in [0, 0.05) is 54.5 Å². The van der Waals surface area contributed by atoms with E-state index in [4.69, 9.17) is 0 Å². The van der Waals surface area contributed by atoms with Crippen molar-refractivity contribution < 1.29 is 0 Å². The summed E-state index contributed by atoms with van der Waals surface area (Å²) in [5.41, 5.74) is 15.0. The van der Waals surface area contributed by atoms with Crippen molar-refractivity contribution >= 4 is 104 Å². The second-order valence-electron chi connectivity index (χ2n) is 20.7. The number of fused-ring (bicyclic) bond motifs is 14. The van der Waals surface area contributed by atoms with Crippen LogP contribution in [0.15, 0.2) is 146 Å². The Labute approximate surface area is 357 Å². The minimum absolute atomic E-state index is 0.0322. The standard InChI is InChI=1S/C58H51N3/c1-56(2,3)36-28-42-41-26-34-18-16-17-19-35(34)27-49(41)60-47-24-25-48-52(51(47)45(31-36)53(42)60)46-32-37(57(4,5)6)29-43-44-30-38(58(7,8)9)33-50(55(44)61(48)54(43)46)59(39-20-12-10-13-21-39)40-22-14-11-15-23-40/h10-33H,1-9H3. The number of para-hydroxylation sites is 2. The topological polar surface area (TPSA) is 12.1 Å². The van der Waals surface area contributed by atoms with E-state index in [0.29, 0.717) is 0 Å². The molecule has 0 radical (unpaired) electrons. The highest BCUT2D eigenvalue weighted by Gasteiger charge is 2.31. The number of anilines is 3. The van der Waals surface area contributed by atoms with E-state index in [1.54, 1.807) is 0 Å². The Morgan fingerprint density at radius 3 is 1.28 bits per heavy atom. The Hall–Kier alpha value is -6.58. The lowest BCUT2D eigenvalue weighted by Gasteiger charge is -2.29. The van der Waals surface area contributed by atoms with Crippen LogP contribution in [0, 0.1) is 0 Å². The van der Waals surface area contributed by atoms with Crippen molar-refractivity contribution in [1.82, 2.24) is 8.80 Å². The molecule has 0 N–H and O–H groups in total. The van der Waals surface area contributed by atoms with Crippen molar-refractivity contribution in [2.75, 3.05) is 4.90 Å². The number of benzene rings is 8. The van der Waals surface area contributed by atoms with E-state index in [-0.39, 0.29) is 16.2 Å². The molecule has 61 heavy (non-hydrogen) atoms. The Bertz CT molecular complexity index is 3690. The fourth-order valence-electron chi connectivity index (χ4n) is 10.5. The van der Waals surface area contributed by atoms with E-state index in [9.17, 15) is 0 Å². The molecule has 0 unspecified atom stereocenters. The highest BCUT2D eigenvalue weighted by Crippen LogP contribution is 2.52. The summed E-state index contributed by atoms with van der Waals surface area (Å²) in [7, 11) is 0. The van der Waals surface area contributed by atoms with Crippen LogP contribution < -0.4 is 4.90 Å². The third-order valence-electron chi connectivity index (χ3n) is 13.7. The minimum Gasteiger partial charge on any atom is -0.308 e. The summed E-state index contributed by atoms with van der Waals surface area (Å²) in [6, 6.07) is 55.4. The monoisotopic (exact) mass is 789 g/mol. The molecule has 0 saturated heterocycles. The lowest BCUT2D eigenvalue weighted by Crippen LogP contribution is -2.15. The average Bonchev–Trinajstić information content (AvgIpc) is 3.95. The highest BCUT2D eigenvalue weighted by molar-refractivity contribution is 6.36. The first-order chi connectivity index (χ1) is 29.2. The molecule has 4 aromatic heterocycles. The summed E-state index contributed by atoms with van der Waals surface area (Å²) >= 11 is 0. The molecule has 298 valence electrons. The maximum Gasteiger partial charge on any atom is 0.0783 e. The summed E-state index contributed by atoms with van der Waals surface area (Å²) in [6.45, 7) is 21.2. The van der Waals surface area contributed by atoms with Crippen LogP contribution in [0.1, 0.15) is 79.0 Å². The number of nitrogens with zero attached hydrogens (tertiary/aromatic N) is 3. The smallest absolute Gasteiger partial charge is 0.0783 e. The van der Waals surface area contributed by atoms with Crippen LogP contribution in [-0.2, 0) is 16.2 Å². The van der Waals surface area contributed by atoms with Crippen molar-refractivity contribution in [3.8, 4) is 0 Å². The maximum atomic E-state index is 2.63. The normalized spacial score (nSPS) is 13.3. The van der Waals surface area contributed by atoms with Gasteiger partial charge in [-0.3, -0.25) is 0 Å². The van der Waals surface area contributed by atoms with E-state index in [0.717, 1.165) is 11.4 Å². The molecule has 0 aliphatic rings. The second kappa shape index (κ2) is 12.0. The van der Waals surface area contributed by atoms with E-state index >= 15 is 0 Å². The summed E-state index contributed by atoms with van der Waals surface area (Å²) in [6.07, 6.45) is 0. The average molecular weight is 790 g/mol. The highest BCUT2D eigenvalue weighted by atomic mass is 15.2. The van der Waals surface area contributed by atoms with Gasteiger partial charge in [-0.2, -0.15) is 0 Å². The van der Waals surface area contributed by atoms with Gasteiger partial charge < -0.3 is 13.7 Å².